The van der Waals surface area contributed by atoms with Crippen LogP contribution in [0.1, 0.15) is 13.8 Å². The maximum atomic E-state index is 10.5. The van der Waals surface area contributed by atoms with Gasteiger partial charge < -0.3 is 5.11 Å². The molecular formula is C8H11NO3. The number of hydrogen-bond donors (Lipinski definition) is 1. The van der Waals surface area contributed by atoms with E-state index in [4.69, 9.17) is 0 Å². The van der Waals surface area contributed by atoms with Crippen LogP contribution in [-0.4, -0.2) is 22.2 Å². The van der Waals surface area contributed by atoms with Crippen molar-refractivity contribution in [3.63, 3.8) is 0 Å². The Morgan fingerprint density at radius 2 is 1.92 bits per heavy atom. The molecule has 0 radical (unpaired) electrons. The molecule has 4 nitrogen and oxygen atoms in total. The van der Waals surface area contributed by atoms with Gasteiger partial charge in [-0.3, -0.25) is 10.1 Å². The fraction of sp³-hybridized carbons (Fsp3) is 0.500. The fourth-order valence-corrected chi connectivity index (χ4v) is 1.24. The molecule has 0 aromatic heterocycles. The van der Waals surface area contributed by atoms with Gasteiger partial charge in [-0.25, -0.2) is 0 Å². The number of allylic oxidation sites excluding steroid dienone is 2. The molecule has 0 saturated heterocycles. The van der Waals surface area contributed by atoms with Gasteiger partial charge in [0.05, 0.1) is 0 Å². The van der Waals surface area contributed by atoms with Crippen LogP contribution in [0.15, 0.2) is 23.3 Å². The number of aliphatic hydroxyl groups is 1. The summed E-state index contributed by atoms with van der Waals surface area (Å²) >= 11 is 0. The van der Waals surface area contributed by atoms with Crippen molar-refractivity contribution in [2.75, 3.05) is 0 Å². The molecule has 2 atom stereocenters. The van der Waals surface area contributed by atoms with Gasteiger partial charge in [-0.1, -0.05) is 12.2 Å². The largest absolute Gasteiger partial charge is 0.381 e. The van der Waals surface area contributed by atoms with Crippen LogP contribution >= 0.6 is 0 Å². The summed E-state index contributed by atoms with van der Waals surface area (Å²) in [6.45, 7) is 3.34. The average Bonchev–Trinajstić information content (AvgIpc) is 1.97. The molecule has 12 heavy (non-hydrogen) atoms. The first kappa shape index (κ1) is 8.93. The van der Waals surface area contributed by atoms with Crippen LogP contribution in [0.2, 0.25) is 0 Å². The van der Waals surface area contributed by atoms with Crippen molar-refractivity contribution >= 4 is 0 Å². The molecule has 4 heteroatoms. The van der Waals surface area contributed by atoms with Crippen molar-refractivity contribution in [1.29, 1.82) is 0 Å². The molecule has 0 saturated carbocycles. The standard InChI is InChI=1S/C8H11NO3/c1-5-3-4-6(2)8(10)7(5)9(11)12/h3-4,7-8,10H,1-2H3. The lowest BCUT2D eigenvalue weighted by molar-refractivity contribution is -0.521. The summed E-state index contributed by atoms with van der Waals surface area (Å²) in [5.41, 5.74) is 1.24. The summed E-state index contributed by atoms with van der Waals surface area (Å²) in [5, 5.41) is 19.9. The van der Waals surface area contributed by atoms with Crippen LogP contribution in [0.5, 0.6) is 0 Å². The Balaban J connectivity index is 2.97. The van der Waals surface area contributed by atoms with E-state index in [2.05, 4.69) is 0 Å². The first-order valence-electron chi connectivity index (χ1n) is 3.70. The van der Waals surface area contributed by atoms with Gasteiger partial charge >= 0.3 is 0 Å². The van der Waals surface area contributed by atoms with Gasteiger partial charge in [0.25, 0.3) is 6.04 Å². The predicted octanol–water partition coefficient (Wildman–Crippen LogP) is 0.899. The summed E-state index contributed by atoms with van der Waals surface area (Å²) in [6.07, 6.45) is 2.42. The van der Waals surface area contributed by atoms with Crippen LogP contribution in [0.3, 0.4) is 0 Å². The molecule has 1 aliphatic carbocycles. The summed E-state index contributed by atoms with van der Waals surface area (Å²) in [7, 11) is 0. The second-order valence-corrected chi connectivity index (χ2v) is 3.00. The SMILES string of the molecule is CC1=CC=C(C)C([N+](=O)[O-])C1O. The van der Waals surface area contributed by atoms with Gasteiger partial charge in [0.15, 0.2) is 0 Å². The van der Waals surface area contributed by atoms with Crippen LogP contribution < -0.4 is 0 Å². The van der Waals surface area contributed by atoms with E-state index in [9.17, 15) is 15.2 Å². The molecule has 66 valence electrons. The molecule has 0 spiro atoms. The van der Waals surface area contributed by atoms with Crippen LogP contribution in [-0.2, 0) is 0 Å². The second kappa shape index (κ2) is 3.06. The fourth-order valence-electron chi connectivity index (χ4n) is 1.24. The van der Waals surface area contributed by atoms with E-state index in [-0.39, 0.29) is 0 Å². The first-order valence-corrected chi connectivity index (χ1v) is 3.70. The minimum atomic E-state index is -0.968. The molecular weight excluding hydrogens is 158 g/mol. The van der Waals surface area contributed by atoms with Gasteiger partial charge in [-0.2, -0.15) is 0 Å². The van der Waals surface area contributed by atoms with Crippen LogP contribution in [0, 0.1) is 10.1 Å². The zero-order chi connectivity index (χ0) is 9.30. The van der Waals surface area contributed by atoms with Crippen molar-refractivity contribution < 1.29 is 10.0 Å². The van der Waals surface area contributed by atoms with Crippen molar-refractivity contribution in [3.8, 4) is 0 Å². The van der Waals surface area contributed by atoms with E-state index in [1.807, 2.05) is 0 Å². The molecule has 0 fully saturated rings. The highest BCUT2D eigenvalue weighted by molar-refractivity contribution is 5.29. The zero-order valence-electron chi connectivity index (χ0n) is 7.02. The van der Waals surface area contributed by atoms with Crippen molar-refractivity contribution in [2.45, 2.75) is 26.0 Å². The minimum absolute atomic E-state index is 0.451. The molecule has 0 aromatic rings. The number of aliphatic hydroxyl groups excluding tert-OH is 1. The van der Waals surface area contributed by atoms with E-state index in [1.54, 1.807) is 26.0 Å². The van der Waals surface area contributed by atoms with Gasteiger partial charge in [0.1, 0.15) is 6.10 Å². The summed E-state index contributed by atoms with van der Waals surface area (Å²) < 4.78 is 0. The average molecular weight is 169 g/mol. The minimum Gasteiger partial charge on any atom is -0.381 e. The van der Waals surface area contributed by atoms with Crippen LogP contribution in [0.4, 0.5) is 0 Å². The zero-order valence-corrected chi connectivity index (χ0v) is 7.02. The normalized spacial score (nSPS) is 29.2. The lowest BCUT2D eigenvalue weighted by atomic mass is 9.93. The quantitative estimate of drug-likeness (QED) is 0.468. The Kier molecular flexibility index (Phi) is 2.28. The third kappa shape index (κ3) is 1.38. The first-order chi connectivity index (χ1) is 5.54. The van der Waals surface area contributed by atoms with E-state index < -0.39 is 17.1 Å². The molecule has 2 unspecified atom stereocenters. The van der Waals surface area contributed by atoms with E-state index >= 15 is 0 Å². The molecule has 0 aliphatic heterocycles. The van der Waals surface area contributed by atoms with Gasteiger partial charge in [-0.05, 0) is 19.4 Å². The number of nitrogens with zero attached hydrogens (tertiary/aromatic N) is 1. The van der Waals surface area contributed by atoms with E-state index in [0.29, 0.717) is 11.1 Å². The maximum absolute atomic E-state index is 10.5. The lowest BCUT2D eigenvalue weighted by Crippen LogP contribution is -2.37. The molecule has 0 bridgehead atoms. The Morgan fingerprint density at radius 1 is 1.42 bits per heavy atom. The van der Waals surface area contributed by atoms with Crippen LogP contribution in [0.25, 0.3) is 0 Å². The monoisotopic (exact) mass is 169 g/mol. The predicted molar refractivity (Wildman–Crippen MR) is 44.3 cm³/mol. The third-order valence-electron chi connectivity index (χ3n) is 2.07. The van der Waals surface area contributed by atoms with Gasteiger partial charge in [-0.15, -0.1) is 0 Å². The van der Waals surface area contributed by atoms with Gasteiger partial charge in [0.2, 0.25) is 0 Å². The Labute approximate surface area is 70.4 Å². The Hall–Kier alpha value is -1.16. The van der Waals surface area contributed by atoms with Gasteiger partial charge in [0, 0.05) is 10.5 Å². The smallest absolute Gasteiger partial charge is 0.263 e. The van der Waals surface area contributed by atoms with Crippen molar-refractivity contribution in [2.24, 2.45) is 0 Å². The van der Waals surface area contributed by atoms with Crippen molar-refractivity contribution in [1.82, 2.24) is 0 Å². The molecule has 0 heterocycles. The number of rotatable bonds is 1. The number of hydrogen-bond acceptors (Lipinski definition) is 3. The second-order valence-electron chi connectivity index (χ2n) is 3.00. The summed E-state index contributed by atoms with van der Waals surface area (Å²) in [5.74, 6) is 0. The topological polar surface area (TPSA) is 63.4 Å². The lowest BCUT2D eigenvalue weighted by Gasteiger charge is -2.20. The Bertz CT molecular complexity index is 267. The Morgan fingerprint density at radius 3 is 2.33 bits per heavy atom. The van der Waals surface area contributed by atoms with E-state index in [1.165, 1.54) is 0 Å². The highest BCUT2D eigenvalue weighted by atomic mass is 16.6. The third-order valence-corrected chi connectivity index (χ3v) is 2.07. The summed E-state index contributed by atoms with van der Waals surface area (Å²) in [6, 6.07) is -0.963. The molecule has 1 rings (SSSR count). The molecule has 1 N–H and O–H groups in total. The van der Waals surface area contributed by atoms with E-state index in [0.717, 1.165) is 0 Å². The van der Waals surface area contributed by atoms with Crippen molar-refractivity contribution in [3.05, 3.63) is 33.4 Å². The molecule has 0 amide bonds. The highest BCUT2D eigenvalue weighted by Crippen LogP contribution is 2.20. The number of nitro groups is 1. The molecule has 0 aromatic carbocycles. The summed E-state index contributed by atoms with van der Waals surface area (Å²) in [4.78, 5) is 10.0. The molecule has 1 aliphatic rings. The highest BCUT2D eigenvalue weighted by Gasteiger charge is 2.34. The maximum Gasteiger partial charge on any atom is 0.263 e.